The molecule has 1 aliphatic heterocycles. The predicted octanol–water partition coefficient (Wildman–Crippen LogP) is 3.68. The van der Waals surface area contributed by atoms with Gasteiger partial charge in [0, 0.05) is 18.7 Å². The van der Waals surface area contributed by atoms with E-state index in [0.29, 0.717) is 6.04 Å². The first-order chi connectivity index (χ1) is 15.0. The van der Waals surface area contributed by atoms with Gasteiger partial charge >= 0.3 is 5.97 Å². The lowest BCUT2D eigenvalue weighted by Crippen LogP contribution is -2.59. The molecule has 0 aliphatic carbocycles. The Morgan fingerprint density at radius 3 is 2.16 bits per heavy atom. The van der Waals surface area contributed by atoms with Gasteiger partial charge in [-0.05, 0) is 51.0 Å². The van der Waals surface area contributed by atoms with Crippen LogP contribution in [0, 0.1) is 11.8 Å². The highest BCUT2D eigenvalue weighted by atomic mass is 16.4. The van der Waals surface area contributed by atoms with E-state index in [0.717, 1.165) is 38.6 Å². The van der Waals surface area contributed by atoms with Crippen molar-refractivity contribution >= 4 is 17.8 Å². The van der Waals surface area contributed by atoms with E-state index < -0.39 is 12.0 Å². The van der Waals surface area contributed by atoms with Crippen LogP contribution in [0.5, 0.6) is 0 Å². The monoisotopic (exact) mass is 451 g/mol. The molecule has 1 saturated heterocycles. The first-order valence-electron chi connectivity index (χ1n) is 12.2. The second-order valence-electron chi connectivity index (χ2n) is 9.79. The maximum absolute atomic E-state index is 13.4. The summed E-state index contributed by atoms with van der Waals surface area (Å²) in [4.78, 5) is 42.0. The molecule has 1 rings (SSSR count). The number of piperidine rings is 1. The molecule has 1 aliphatic rings. The van der Waals surface area contributed by atoms with E-state index in [9.17, 15) is 19.5 Å². The molecule has 7 nitrogen and oxygen atoms in total. The Hall–Kier alpha value is -1.89. The first-order valence-corrected chi connectivity index (χ1v) is 12.2. The molecule has 0 spiro atoms. The Kier molecular flexibility index (Phi) is 11.4. The highest BCUT2D eigenvalue weighted by Crippen LogP contribution is 2.24. The normalized spacial score (nSPS) is 19.8. The van der Waals surface area contributed by atoms with Crippen LogP contribution in [0.25, 0.3) is 0 Å². The summed E-state index contributed by atoms with van der Waals surface area (Å²) in [5, 5.41) is 12.3. The summed E-state index contributed by atoms with van der Waals surface area (Å²) in [5.74, 6) is -1.31. The molecule has 32 heavy (non-hydrogen) atoms. The second kappa shape index (κ2) is 13.0. The van der Waals surface area contributed by atoms with E-state index in [2.05, 4.69) is 24.1 Å². The van der Waals surface area contributed by atoms with E-state index in [1.807, 2.05) is 27.7 Å². The van der Waals surface area contributed by atoms with Gasteiger partial charge in [0.1, 0.15) is 6.04 Å². The lowest BCUT2D eigenvalue weighted by Gasteiger charge is -2.41. The number of nitrogens with zero attached hydrogens (tertiary/aromatic N) is 2. The Labute approximate surface area is 194 Å². The lowest BCUT2D eigenvalue weighted by atomic mass is 9.94. The van der Waals surface area contributed by atoms with Crippen molar-refractivity contribution in [1.29, 1.82) is 0 Å². The van der Waals surface area contributed by atoms with Crippen molar-refractivity contribution in [3.8, 4) is 0 Å². The largest absolute Gasteiger partial charge is 0.478 e. The maximum Gasteiger partial charge on any atom is 0.331 e. The molecule has 0 aromatic rings. The van der Waals surface area contributed by atoms with Crippen molar-refractivity contribution in [2.45, 2.75) is 105 Å². The van der Waals surface area contributed by atoms with Crippen molar-refractivity contribution in [2.24, 2.45) is 11.8 Å². The van der Waals surface area contributed by atoms with Crippen LogP contribution in [0.3, 0.4) is 0 Å². The molecule has 0 bridgehead atoms. The van der Waals surface area contributed by atoms with Gasteiger partial charge in [0.05, 0.1) is 12.1 Å². The van der Waals surface area contributed by atoms with Crippen molar-refractivity contribution in [3.63, 3.8) is 0 Å². The van der Waals surface area contributed by atoms with Gasteiger partial charge in [-0.1, -0.05) is 54.0 Å². The minimum absolute atomic E-state index is 0.0328. The van der Waals surface area contributed by atoms with Crippen molar-refractivity contribution < 1.29 is 19.5 Å². The molecule has 1 heterocycles. The average molecular weight is 452 g/mol. The standard InChI is InChI=1S/C25H45N3O4/c1-9-19(10-2)28-14-12-11-13-20(28)23(29)26-22(17(5)6)24(30)27(8)21(16(3)4)15-18(7)25(31)32/h15-17,19-22H,9-14H2,1-8H3,(H,26,29)(H,31,32)/b18-15+. The molecule has 7 heteroatoms. The third-order valence-electron chi connectivity index (χ3n) is 6.72. The zero-order chi connectivity index (χ0) is 24.6. The Morgan fingerprint density at radius 1 is 1.09 bits per heavy atom. The number of carboxylic acids is 1. The molecule has 3 atom stereocenters. The SMILES string of the molecule is CCC(CC)N1CCCCC1C(=O)NC(C(=O)N(C)C(/C=C(\C)C(=O)O)C(C)C)C(C)C. The van der Waals surface area contributed by atoms with Crippen LogP contribution in [0.2, 0.25) is 0 Å². The van der Waals surface area contributed by atoms with Crippen LogP contribution < -0.4 is 5.32 Å². The van der Waals surface area contributed by atoms with E-state index in [-0.39, 0.29) is 41.3 Å². The molecule has 0 saturated carbocycles. The van der Waals surface area contributed by atoms with Crippen LogP contribution >= 0.6 is 0 Å². The smallest absolute Gasteiger partial charge is 0.331 e. The van der Waals surface area contributed by atoms with Crippen LogP contribution in [-0.2, 0) is 14.4 Å². The maximum atomic E-state index is 13.4. The summed E-state index contributed by atoms with van der Waals surface area (Å²) < 4.78 is 0. The molecule has 3 unspecified atom stereocenters. The molecule has 2 amide bonds. The molecule has 1 fully saturated rings. The summed E-state index contributed by atoms with van der Waals surface area (Å²) >= 11 is 0. The van der Waals surface area contributed by atoms with Crippen LogP contribution in [-0.4, -0.2) is 70.4 Å². The van der Waals surface area contributed by atoms with E-state index in [4.69, 9.17) is 0 Å². The topological polar surface area (TPSA) is 90.0 Å². The fraction of sp³-hybridized carbons (Fsp3) is 0.800. The highest BCUT2D eigenvalue weighted by molar-refractivity contribution is 5.90. The summed E-state index contributed by atoms with van der Waals surface area (Å²) in [6, 6.07) is -0.857. The quantitative estimate of drug-likeness (QED) is 0.468. The number of rotatable bonds is 11. The molecule has 0 aromatic heterocycles. The first kappa shape index (κ1) is 28.1. The predicted molar refractivity (Wildman–Crippen MR) is 128 cm³/mol. The lowest BCUT2D eigenvalue weighted by molar-refractivity contribution is -0.140. The van der Waals surface area contributed by atoms with Crippen LogP contribution in [0.4, 0.5) is 0 Å². The number of likely N-dealkylation sites (tertiary alicyclic amines) is 1. The van der Waals surface area contributed by atoms with Crippen LogP contribution in [0.15, 0.2) is 11.6 Å². The van der Waals surface area contributed by atoms with Gasteiger partial charge in [-0.2, -0.15) is 0 Å². The van der Waals surface area contributed by atoms with Gasteiger partial charge in [-0.3, -0.25) is 14.5 Å². The van der Waals surface area contributed by atoms with Gasteiger partial charge in [0.2, 0.25) is 11.8 Å². The van der Waals surface area contributed by atoms with Gasteiger partial charge < -0.3 is 15.3 Å². The number of carboxylic acid groups (broad SMARTS) is 1. The minimum atomic E-state index is -0.996. The van der Waals surface area contributed by atoms with Crippen molar-refractivity contribution in [2.75, 3.05) is 13.6 Å². The molecule has 2 N–H and O–H groups in total. The van der Waals surface area contributed by atoms with E-state index in [1.54, 1.807) is 18.0 Å². The summed E-state index contributed by atoms with van der Waals surface area (Å²) in [7, 11) is 1.69. The molecular weight excluding hydrogens is 406 g/mol. The number of amides is 2. The third kappa shape index (κ3) is 7.32. The van der Waals surface area contributed by atoms with Crippen molar-refractivity contribution in [3.05, 3.63) is 11.6 Å². The summed E-state index contributed by atoms with van der Waals surface area (Å²) in [6.07, 6.45) is 6.55. The number of hydrogen-bond donors (Lipinski definition) is 2. The average Bonchev–Trinajstić information content (AvgIpc) is 2.75. The number of carbonyl (C=O) groups excluding carboxylic acids is 2. The van der Waals surface area contributed by atoms with E-state index >= 15 is 0 Å². The summed E-state index contributed by atoms with van der Waals surface area (Å²) in [6.45, 7) is 14.5. The zero-order valence-electron chi connectivity index (χ0n) is 21.4. The number of aliphatic carboxylic acids is 1. The highest BCUT2D eigenvalue weighted by Gasteiger charge is 2.36. The third-order valence-corrected chi connectivity index (χ3v) is 6.72. The van der Waals surface area contributed by atoms with Gasteiger partial charge in [-0.25, -0.2) is 4.79 Å². The number of carbonyl (C=O) groups is 3. The number of likely N-dealkylation sites (N-methyl/N-ethyl adjacent to an activating group) is 1. The fourth-order valence-corrected chi connectivity index (χ4v) is 4.64. The Bertz CT molecular complexity index is 670. The fourth-order valence-electron chi connectivity index (χ4n) is 4.64. The molecule has 0 aromatic carbocycles. The number of nitrogens with one attached hydrogen (secondary N) is 1. The van der Waals surface area contributed by atoms with Gasteiger partial charge in [0.25, 0.3) is 0 Å². The molecule has 184 valence electrons. The number of hydrogen-bond acceptors (Lipinski definition) is 4. The Morgan fingerprint density at radius 2 is 1.69 bits per heavy atom. The van der Waals surface area contributed by atoms with Gasteiger partial charge in [0.15, 0.2) is 0 Å². The Balaban J connectivity index is 3.08. The second-order valence-corrected chi connectivity index (χ2v) is 9.79. The van der Waals surface area contributed by atoms with E-state index in [1.165, 1.54) is 6.92 Å². The molecule has 0 radical (unpaired) electrons. The minimum Gasteiger partial charge on any atom is -0.478 e. The van der Waals surface area contributed by atoms with Crippen molar-refractivity contribution in [1.82, 2.24) is 15.1 Å². The molecular formula is C25H45N3O4. The van der Waals surface area contributed by atoms with Crippen LogP contribution in [0.1, 0.15) is 80.6 Å². The summed E-state index contributed by atoms with van der Waals surface area (Å²) in [5.41, 5.74) is 0.205. The van der Waals surface area contributed by atoms with Gasteiger partial charge in [-0.15, -0.1) is 0 Å². The zero-order valence-corrected chi connectivity index (χ0v) is 21.4.